The van der Waals surface area contributed by atoms with Crippen LogP contribution < -0.4 is 10.6 Å². The molecular formula is C16H35IN4. The second-order valence-corrected chi connectivity index (χ2v) is 6.20. The van der Waals surface area contributed by atoms with E-state index in [2.05, 4.69) is 48.2 Å². The standard InChI is InChI=1S/C16H34N4.HI/c1-5-17-16(18-6-2)19-9-7-8-10-20-12-14(3)11-15(4)13-20;/h14-15H,5-13H2,1-4H3,(H2,17,18,19);1H. The number of unbranched alkanes of at least 4 members (excludes halogenated alkanes) is 1. The van der Waals surface area contributed by atoms with Crippen LogP contribution in [0.15, 0.2) is 4.99 Å². The highest BCUT2D eigenvalue weighted by Gasteiger charge is 2.20. The summed E-state index contributed by atoms with van der Waals surface area (Å²) in [7, 11) is 0. The largest absolute Gasteiger partial charge is 0.357 e. The van der Waals surface area contributed by atoms with Crippen molar-refractivity contribution in [2.24, 2.45) is 16.8 Å². The lowest BCUT2D eigenvalue weighted by molar-refractivity contribution is 0.139. The molecule has 21 heavy (non-hydrogen) atoms. The number of hydrogen-bond acceptors (Lipinski definition) is 2. The van der Waals surface area contributed by atoms with Gasteiger partial charge in [-0.1, -0.05) is 13.8 Å². The Morgan fingerprint density at radius 1 is 1.05 bits per heavy atom. The molecule has 0 aromatic heterocycles. The Morgan fingerprint density at radius 2 is 1.62 bits per heavy atom. The third-order valence-corrected chi connectivity index (χ3v) is 3.79. The lowest BCUT2D eigenvalue weighted by Crippen LogP contribution is -2.39. The lowest BCUT2D eigenvalue weighted by Gasteiger charge is -2.34. The Hall–Kier alpha value is -0.0400. The van der Waals surface area contributed by atoms with E-state index in [-0.39, 0.29) is 24.0 Å². The van der Waals surface area contributed by atoms with Gasteiger partial charge in [-0.25, -0.2) is 0 Å². The first-order valence-electron chi connectivity index (χ1n) is 8.40. The fourth-order valence-corrected chi connectivity index (χ4v) is 3.12. The smallest absolute Gasteiger partial charge is 0.191 e. The maximum atomic E-state index is 4.59. The van der Waals surface area contributed by atoms with Gasteiger partial charge in [0.1, 0.15) is 0 Å². The molecule has 1 heterocycles. The molecule has 0 radical (unpaired) electrons. The average molecular weight is 410 g/mol. The van der Waals surface area contributed by atoms with Gasteiger partial charge < -0.3 is 15.5 Å². The number of rotatable bonds is 7. The van der Waals surface area contributed by atoms with Gasteiger partial charge in [0.15, 0.2) is 5.96 Å². The fourth-order valence-electron chi connectivity index (χ4n) is 3.12. The lowest BCUT2D eigenvalue weighted by atomic mass is 9.92. The average Bonchev–Trinajstić information content (AvgIpc) is 2.37. The number of hydrogen-bond donors (Lipinski definition) is 2. The van der Waals surface area contributed by atoms with E-state index in [4.69, 9.17) is 0 Å². The molecule has 0 bridgehead atoms. The maximum absolute atomic E-state index is 4.59. The van der Waals surface area contributed by atoms with Crippen molar-refractivity contribution in [1.82, 2.24) is 15.5 Å². The van der Waals surface area contributed by atoms with Gasteiger partial charge >= 0.3 is 0 Å². The molecule has 1 fully saturated rings. The second kappa shape index (κ2) is 12.5. The van der Waals surface area contributed by atoms with E-state index >= 15 is 0 Å². The van der Waals surface area contributed by atoms with Gasteiger partial charge in [-0.2, -0.15) is 0 Å². The number of halogens is 1. The van der Waals surface area contributed by atoms with Crippen molar-refractivity contribution in [2.75, 3.05) is 39.3 Å². The summed E-state index contributed by atoms with van der Waals surface area (Å²) in [5.74, 6) is 2.69. The van der Waals surface area contributed by atoms with Gasteiger partial charge in [0.05, 0.1) is 0 Å². The Kier molecular flexibility index (Phi) is 12.5. The number of likely N-dealkylation sites (tertiary alicyclic amines) is 1. The molecule has 1 rings (SSSR count). The van der Waals surface area contributed by atoms with Gasteiger partial charge in [-0.15, -0.1) is 24.0 Å². The Bertz CT molecular complexity index is 265. The maximum Gasteiger partial charge on any atom is 0.191 e. The topological polar surface area (TPSA) is 39.7 Å². The van der Waals surface area contributed by atoms with Crippen LogP contribution in [-0.2, 0) is 0 Å². The molecule has 0 aromatic rings. The van der Waals surface area contributed by atoms with Crippen LogP contribution in [0.1, 0.15) is 47.0 Å². The molecule has 2 atom stereocenters. The summed E-state index contributed by atoms with van der Waals surface area (Å²) in [5.41, 5.74) is 0. The third kappa shape index (κ3) is 9.55. The van der Waals surface area contributed by atoms with Crippen LogP contribution in [0.5, 0.6) is 0 Å². The Morgan fingerprint density at radius 3 is 2.14 bits per heavy atom. The zero-order valence-electron chi connectivity index (χ0n) is 14.3. The predicted octanol–water partition coefficient (Wildman–Crippen LogP) is 2.94. The molecule has 0 aliphatic carbocycles. The van der Waals surface area contributed by atoms with E-state index in [9.17, 15) is 0 Å². The number of nitrogens with one attached hydrogen (secondary N) is 2. The molecule has 4 nitrogen and oxygen atoms in total. The van der Waals surface area contributed by atoms with Crippen molar-refractivity contribution in [1.29, 1.82) is 0 Å². The summed E-state index contributed by atoms with van der Waals surface area (Å²) in [6.07, 6.45) is 3.84. The van der Waals surface area contributed by atoms with Gasteiger partial charge in [0.25, 0.3) is 0 Å². The van der Waals surface area contributed by atoms with E-state index < -0.39 is 0 Å². The highest BCUT2D eigenvalue weighted by Crippen LogP contribution is 2.20. The first-order valence-corrected chi connectivity index (χ1v) is 8.40. The van der Waals surface area contributed by atoms with Crippen molar-refractivity contribution in [2.45, 2.75) is 47.0 Å². The summed E-state index contributed by atoms with van der Waals surface area (Å²) in [6, 6.07) is 0. The van der Waals surface area contributed by atoms with Crippen LogP contribution >= 0.6 is 24.0 Å². The Labute approximate surface area is 148 Å². The third-order valence-electron chi connectivity index (χ3n) is 3.79. The molecule has 1 aliphatic rings. The van der Waals surface area contributed by atoms with Gasteiger partial charge in [-0.05, 0) is 51.5 Å². The van der Waals surface area contributed by atoms with Crippen molar-refractivity contribution < 1.29 is 0 Å². The van der Waals surface area contributed by atoms with Crippen LogP contribution in [0.2, 0.25) is 0 Å². The first-order chi connectivity index (χ1) is 9.65. The van der Waals surface area contributed by atoms with Crippen molar-refractivity contribution in [3.8, 4) is 0 Å². The summed E-state index contributed by atoms with van der Waals surface area (Å²) in [6.45, 7) is 15.6. The molecule has 0 saturated carbocycles. The minimum Gasteiger partial charge on any atom is -0.357 e. The van der Waals surface area contributed by atoms with Crippen molar-refractivity contribution in [3.63, 3.8) is 0 Å². The van der Waals surface area contributed by atoms with Crippen LogP contribution in [-0.4, -0.2) is 50.1 Å². The minimum atomic E-state index is 0. The number of guanidine groups is 1. The summed E-state index contributed by atoms with van der Waals surface area (Å²) < 4.78 is 0. The monoisotopic (exact) mass is 410 g/mol. The van der Waals surface area contributed by atoms with Gasteiger partial charge in [0, 0.05) is 32.7 Å². The van der Waals surface area contributed by atoms with E-state index in [1.165, 1.54) is 38.9 Å². The molecular weight excluding hydrogens is 375 g/mol. The van der Waals surface area contributed by atoms with Crippen LogP contribution in [0.3, 0.4) is 0 Å². The molecule has 5 heteroatoms. The zero-order chi connectivity index (χ0) is 14.8. The van der Waals surface area contributed by atoms with Crippen molar-refractivity contribution >= 4 is 29.9 Å². The van der Waals surface area contributed by atoms with Crippen molar-refractivity contribution in [3.05, 3.63) is 0 Å². The summed E-state index contributed by atoms with van der Waals surface area (Å²) >= 11 is 0. The number of nitrogens with zero attached hydrogens (tertiary/aromatic N) is 2. The molecule has 126 valence electrons. The molecule has 0 spiro atoms. The zero-order valence-corrected chi connectivity index (χ0v) is 16.7. The quantitative estimate of drug-likeness (QED) is 0.294. The SMILES string of the molecule is CCNC(=NCCCCN1CC(C)CC(C)C1)NCC.I. The van der Waals surface area contributed by atoms with Gasteiger partial charge in [-0.3, -0.25) is 4.99 Å². The molecule has 1 aliphatic heterocycles. The van der Waals surface area contributed by atoms with E-state index in [0.717, 1.165) is 37.4 Å². The highest BCUT2D eigenvalue weighted by atomic mass is 127. The molecule has 2 unspecified atom stereocenters. The van der Waals surface area contributed by atoms with E-state index in [0.29, 0.717) is 0 Å². The van der Waals surface area contributed by atoms with E-state index in [1.807, 2.05) is 0 Å². The fraction of sp³-hybridized carbons (Fsp3) is 0.938. The van der Waals surface area contributed by atoms with Crippen LogP contribution in [0.25, 0.3) is 0 Å². The van der Waals surface area contributed by atoms with E-state index in [1.54, 1.807) is 0 Å². The predicted molar refractivity (Wildman–Crippen MR) is 104 cm³/mol. The summed E-state index contributed by atoms with van der Waals surface area (Å²) in [4.78, 5) is 7.23. The Balaban J connectivity index is 0.00000400. The normalized spacial score (nSPS) is 22.3. The second-order valence-electron chi connectivity index (χ2n) is 6.20. The molecule has 0 amide bonds. The first kappa shape index (κ1) is 21.0. The molecule has 2 N–H and O–H groups in total. The molecule has 0 aromatic carbocycles. The molecule has 1 saturated heterocycles. The number of piperidine rings is 1. The van der Waals surface area contributed by atoms with Crippen LogP contribution in [0, 0.1) is 11.8 Å². The number of aliphatic imine (C=N–C) groups is 1. The minimum absolute atomic E-state index is 0. The summed E-state index contributed by atoms with van der Waals surface area (Å²) in [5, 5.41) is 6.53. The van der Waals surface area contributed by atoms with Gasteiger partial charge in [0.2, 0.25) is 0 Å². The highest BCUT2D eigenvalue weighted by molar-refractivity contribution is 14.0. The van der Waals surface area contributed by atoms with Crippen LogP contribution in [0.4, 0.5) is 0 Å².